The van der Waals surface area contributed by atoms with Gasteiger partial charge in [0.2, 0.25) is 5.95 Å². The van der Waals surface area contributed by atoms with Gasteiger partial charge in [-0.15, -0.1) is 0 Å². The van der Waals surface area contributed by atoms with Gasteiger partial charge < -0.3 is 19.5 Å². The number of ether oxygens (including phenoxy) is 3. The Bertz CT molecular complexity index is 1310. The summed E-state index contributed by atoms with van der Waals surface area (Å²) in [7, 11) is 4.84. The topological polar surface area (TPSA) is 114 Å². The molecule has 0 saturated heterocycles. The number of aromatic nitrogens is 2. The Labute approximate surface area is 215 Å². The fourth-order valence-corrected chi connectivity index (χ4v) is 3.38. The van der Waals surface area contributed by atoms with Crippen LogP contribution >= 0.6 is 0 Å². The molecule has 4 aromatic rings. The second kappa shape index (κ2) is 12.5. The number of hydrogen-bond acceptors (Lipinski definition) is 10. The largest absolute Gasteiger partial charge is 0.496 e. The Morgan fingerprint density at radius 3 is 1.76 bits per heavy atom. The van der Waals surface area contributed by atoms with Gasteiger partial charge in [-0.25, -0.2) is 5.43 Å². The van der Waals surface area contributed by atoms with Crippen LogP contribution in [-0.4, -0.2) is 43.7 Å². The van der Waals surface area contributed by atoms with Gasteiger partial charge in [-0.1, -0.05) is 36.4 Å². The molecule has 0 bridgehead atoms. The van der Waals surface area contributed by atoms with E-state index in [-0.39, 0.29) is 5.95 Å². The zero-order valence-electron chi connectivity index (χ0n) is 20.7. The normalized spacial score (nSPS) is 10.9. The van der Waals surface area contributed by atoms with Crippen LogP contribution in [0.2, 0.25) is 0 Å². The fourth-order valence-electron chi connectivity index (χ4n) is 3.38. The van der Waals surface area contributed by atoms with E-state index in [1.807, 2.05) is 72.8 Å². The number of hydrazone groups is 2. The second-order valence-corrected chi connectivity index (χ2v) is 7.51. The fraction of sp³-hybridized carbons (Fsp3) is 0.111. The number of benzene rings is 3. The lowest BCUT2D eigenvalue weighted by atomic mass is 10.2. The zero-order valence-corrected chi connectivity index (χ0v) is 20.7. The molecule has 0 fully saturated rings. The summed E-state index contributed by atoms with van der Waals surface area (Å²) in [6.45, 7) is 0. The Morgan fingerprint density at radius 2 is 1.14 bits per heavy atom. The van der Waals surface area contributed by atoms with Crippen LogP contribution in [0.15, 0.2) is 89.1 Å². The minimum atomic E-state index is 0.251. The van der Waals surface area contributed by atoms with E-state index in [1.165, 1.54) is 0 Å². The number of rotatable bonds is 11. The highest BCUT2D eigenvalue weighted by atomic mass is 16.5. The van der Waals surface area contributed by atoms with Crippen molar-refractivity contribution in [2.75, 3.05) is 37.5 Å². The highest BCUT2D eigenvalue weighted by Gasteiger charge is 2.08. The molecule has 0 aliphatic carbocycles. The van der Waals surface area contributed by atoms with Crippen LogP contribution in [0.5, 0.6) is 17.2 Å². The SMILES string of the molecule is COc1ccccc1C=NNc1cc(Nc2ccccc2OC)nc(NN=Cc2ccccc2OC)n1. The van der Waals surface area contributed by atoms with Crippen LogP contribution in [0.3, 0.4) is 0 Å². The predicted octanol–water partition coefficient (Wildman–Crippen LogP) is 5.14. The van der Waals surface area contributed by atoms with E-state index in [1.54, 1.807) is 39.8 Å². The molecule has 10 nitrogen and oxygen atoms in total. The van der Waals surface area contributed by atoms with E-state index in [0.717, 1.165) is 16.8 Å². The van der Waals surface area contributed by atoms with Gasteiger partial charge in [0.1, 0.15) is 23.1 Å². The van der Waals surface area contributed by atoms with Crippen molar-refractivity contribution >= 4 is 35.7 Å². The molecule has 0 aliphatic heterocycles. The molecule has 0 unspecified atom stereocenters. The first-order valence-electron chi connectivity index (χ1n) is 11.3. The molecule has 0 aliphatic rings. The number of para-hydroxylation sites is 4. The van der Waals surface area contributed by atoms with Gasteiger partial charge in [0.05, 0.1) is 39.4 Å². The minimum absolute atomic E-state index is 0.251. The van der Waals surface area contributed by atoms with Crippen LogP contribution in [0.4, 0.5) is 23.3 Å². The van der Waals surface area contributed by atoms with Gasteiger partial charge in [-0.3, -0.25) is 5.43 Å². The summed E-state index contributed by atoms with van der Waals surface area (Å²) in [6, 6.07) is 24.4. The van der Waals surface area contributed by atoms with E-state index in [2.05, 4.69) is 36.3 Å². The summed E-state index contributed by atoms with van der Waals surface area (Å²) >= 11 is 0. The van der Waals surface area contributed by atoms with Crippen molar-refractivity contribution in [3.05, 3.63) is 90.0 Å². The maximum absolute atomic E-state index is 5.44. The van der Waals surface area contributed by atoms with E-state index in [9.17, 15) is 0 Å². The molecule has 37 heavy (non-hydrogen) atoms. The van der Waals surface area contributed by atoms with Crippen molar-refractivity contribution < 1.29 is 14.2 Å². The van der Waals surface area contributed by atoms with Crippen molar-refractivity contribution in [2.24, 2.45) is 10.2 Å². The molecule has 0 atom stereocenters. The van der Waals surface area contributed by atoms with Crippen LogP contribution in [0, 0.1) is 0 Å². The monoisotopic (exact) mass is 497 g/mol. The third-order valence-electron chi connectivity index (χ3n) is 5.12. The van der Waals surface area contributed by atoms with Gasteiger partial charge in [-0.2, -0.15) is 20.2 Å². The highest BCUT2D eigenvalue weighted by molar-refractivity contribution is 5.84. The molecule has 3 aromatic carbocycles. The molecular formula is C27H27N7O3. The van der Waals surface area contributed by atoms with Crippen molar-refractivity contribution in [1.82, 2.24) is 9.97 Å². The molecule has 188 valence electrons. The minimum Gasteiger partial charge on any atom is -0.496 e. The Balaban J connectivity index is 1.59. The molecule has 4 rings (SSSR count). The molecule has 3 N–H and O–H groups in total. The van der Waals surface area contributed by atoms with E-state index in [0.29, 0.717) is 28.9 Å². The van der Waals surface area contributed by atoms with Gasteiger partial charge in [0.25, 0.3) is 0 Å². The molecule has 1 heterocycles. The van der Waals surface area contributed by atoms with Crippen molar-refractivity contribution in [1.29, 1.82) is 0 Å². The maximum Gasteiger partial charge on any atom is 0.247 e. The Morgan fingerprint density at radius 1 is 0.622 bits per heavy atom. The smallest absolute Gasteiger partial charge is 0.247 e. The van der Waals surface area contributed by atoms with E-state index >= 15 is 0 Å². The first kappa shape index (κ1) is 25.0. The predicted molar refractivity (Wildman–Crippen MR) is 147 cm³/mol. The van der Waals surface area contributed by atoms with Gasteiger partial charge in [0.15, 0.2) is 5.82 Å². The lowest BCUT2D eigenvalue weighted by Gasteiger charge is -2.12. The average molecular weight is 498 g/mol. The van der Waals surface area contributed by atoms with Gasteiger partial charge in [-0.05, 0) is 36.4 Å². The molecule has 0 amide bonds. The van der Waals surface area contributed by atoms with Crippen molar-refractivity contribution in [2.45, 2.75) is 0 Å². The quantitative estimate of drug-likeness (QED) is 0.193. The third kappa shape index (κ3) is 6.73. The van der Waals surface area contributed by atoms with Crippen LogP contribution < -0.4 is 30.4 Å². The maximum atomic E-state index is 5.44. The van der Waals surface area contributed by atoms with Gasteiger partial charge >= 0.3 is 0 Å². The number of anilines is 4. The summed E-state index contributed by atoms with van der Waals surface area (Å²) in [5, 5.41) is 11.8. The number of nitrogens with zero attached hydrogens (tertiary/aromatic N) is 4. The molecule has 0 spiro atoms. The standard InChI is InChI=1S/C27H27N7O3/c1-35-22-13-7-4-10-19(22)17-28-33-26-16-25(30-21-12-6-9-15-24(21)37-3)31-27(32-26)34-29-18-20-11-5-8-14-23(20)36-2/h4-18H,1-3H3,(H3,30,31,32,33,34). The van der Waals surface area contributed by atoms with E-state index < -0.39 is 0 Å². The number of hydrogen-bond donors (Lipinski definition) is 3. The zero-order chi connectivity index (χ0) is 25.9. The summed E-state index contributed by atoms with van der Waals surface area (Å²) < 4.78 is 16.2. The lowest BCUT2D eigenvalue weighted by Crippen LogP contribution is -2.05. The lowest BCUT2D eigenvalue weighted by molar-refractivity contribution is 0.414. The Kier molecular flexibility index (Phi) is 8.47. The molecular weight excluding hydrogens is 470 g/mol. The van der Waals surface area contributed by atoms with Crippen LogP contribution in [0.25, 0.3) is 0 Å². The van der Waals surface area contributed by atoms with Crippen LogP contribution in [-0.2, 0) is 0 Å². The highest BCUT2D eigenvalue weighted by Crippen LogP contribution is 2.27. The summed E-state index contributed by atoms with van der Waals surface area (Å²) in [5.74, 6) is 3.28. The summed E-state index contributed by atoms with van der Waals surface area (Å²) in [4.78, 5) is 9.00. The number of methoxy groups -OCH3 is 3. The van der Waals surface area contributed by atoms with Crippen molar-refractivity contribution in [3.63, 3.8) is 0 Å². The summed E-state index contributed by atoms with van der Waals surface area (Å²) in [6.07, 6.45) is 3.29. The van der Waals surface area contributed by atoms with E-state index in [4.69, 9.17) is 14.2 Å². The third-order valence-corrected chi connectivity index (χ3v) is 5.12. The average Bonchev–Trinajstić information content (AvgIpc) is 2.94. The van der Waals surface area contributed by atoms with Gasteiger partial charge in [0, 0.05) is 17.2 Å². The molecule has 0 radical (unpaired) electrons. The first-order chi connectivity index (χ1) is 18.2. The molecule has 1 aromatic heterocycles. The van der Waals surface area contributed by atoms with Crippen molar-refractivity contribution in [3.8, 4) is 17.2 Å². The first-order valence-corrected chi connectivity index (χ1v) is 11.3. The Hall–Kier alpha value is -5.12. The molecule has 0 saturated carbocycles. The molecule has 10 heteroatoms. The second-order valence-electron chi connectivity index (χ2n) is 7.51. The summed E-state index contributed by atoms with van der Waals surface area (Å²) in [5.41, 5.74) is 8.19. The van der Waals surface area contributed by atoms with Crippen LogP contribution in [0.1, 0.15) is 11.1 Å². The number of nitrogens with one attached hydrogen (secondary N) is 3.